The van der Waals surface area contributed by atoms with Gasteiger partial charge in [-0.2, -0.15) is 4.31 Å². The molecule has 0 amide bonds. The Kier molecular flexibility index (Phi) is 6.90. The third-order valence-electron chi connectivity index (χ3n) is 5.23. The van der Waals surface area contributed by atoms with Crippen LogP contribution in [0.15, 0.2) is 77.7 Å². The van der Waals surface area contributed by atoms with Crippen LogP contribution in [0.2, 0.25) is 0 Å². The predicted molar refractivity (Wildman–Crippen MR) is 118 cm³/mol. The van der Waals surface area contributed by atoms with Gasteiger partial charge in [-0.25, -0.2) is 8.42 Å². The Morgan fingerprint density at radius 1 is 1.10 bits per heavy atom. The Hall–Kier alpha value is -2.70. The van der Waals surface area contributed by atoms with Gasteiger partial charge in [0, 0.05) is 18.5 Å². The molecule has 0 aromatic heterocycles. The Labute approximate surface area is 178 Å². The summed E-state index contributed by atoms with van der Waals surface area (Å²) in [5.41, 5.74) is 2.75. The third-order valence-corrected chi connectivity index (χ3v) is 7.20. The Morgan fingerprint density at radius 2 is 1.77 bits per heavy atom. The minimum atomic E-state index is -3.63. The van der Waals surface area contributed by atoms with Gasteiger partial charge >= 0.3 is 5.97 Å². The fraction of sp³-hybridized carbons (Fsp3) is 0.292. The third kappa shape index (κ3) is 5.07. The van der Waals surface area contributed by atoms with Crippen LogP contribution in [0.25, 0.3) is 5.57 Å². The number of esters is 1. The van der Waals surface area contributed by atoms with Crippen molar-refractivity contribution in [2.45, 2.75) is 31.2 Å². The number of rotatable bonds is 6. The topological polar surface area (TPSA) is 63.7 Å². The number of methoxy groups -OCH3 is 1. The molecule has 2 atom stereocenters. The molecule has 0 fully saturated rings. The zero-order chi connectivity index (χ0) is 21.7. The first-order valence-electron chi connectivity index (χ1n) is 9.91. The second kappa shape index (κ2) is 9.41. The van der Waals surface area contributed by atoms with Crippen LogP contribution in [0.5, 0.6) is 0 Å². The highest BCUT2D eigenvalue weighted by Crippen LogP contribution is 2.28. The molecule has 2 aromatic carbocycles. The molecule has 0 bridgehead atoms. The van der Waals surface area contributed by atoms with E-state index in [1.165, 1.54) is 11.4 Å². The summed E-state index contributed by atoms with van der Waals surface area (Å²) in [6.45, 7) is 4.11. The molecule has 0 radical (unpaired) electrons. The molecule has 6 heteroatoms. The van der Waals surface area contributed by atoms with E-state index in [1.807, 2.05) is 62.4 Å². The summed E-state index contributed by atoms with van der Waals surface area (Å²) in [5, 5.41) is 0. The minimum Gasteiger partial charge on any atom is -0.469 e. The Bertz CT molecular complexity index is 1040. The van der Waals surface area contributed by atoms with Gasteiger partial charge in [-0.3, -0.25) is 4.79 Å². The predicted octanol–water partition coefficient (Wildman–Crippen LogP) is 4.21. The maximum absolute atomic E-state index is 13.2. The Balaban J connectivity index is 1.91. The van der Waals surface area contributed by atoms with E-state index in [9.17, 15) is 13.2 Å². The number of benzene rings is 2. The lowest BCUT2D eigenvalue weighted by Crippen LogP contribution is -2.42. The highest BCUT2D eigenvalue weighted by atomic mass is 32.2. The second-order valence-electron chi connectivity index (χ2n) is 7.49. The number of nitrogens with zero attached hydrogens (tertiary/aromatic N) is 1. The van der Waals surface area contributed by atoms with Crippen LogP contribution in [0.3, 0.4) is 0 Å². The lowest BCUT2D eigenvalue weighted by atomic mass is 9.95. The molecule has 2 aromatic rings. The molecule has 1 aliphatic rings. The van der Waals surface area contributed by atoms with Crippen molar-refractivity contribution in [2.75, 3.05) is 13.7 Å². The minimum absolute atomic E-state index is 0.130. The van der Waals surface area contributed by atoms with Crippen molar-refractivity contribution in [1.82, 2.24) is 4.31 Å². The lowest BCUT2D eigenvalue weighted by Gasteiger charge is -2.32. The van der Waals surface area contributed by atoms with E-state index in [-0.39, 0.29) is 29.2 Å². The van der Waals surface area contributed by atoms with Gasteiger partial charge < -0.3 is 4.74 Å². The van der Waals surface area contributed by atoms with Gasteiger partial charge in [0.25, 0.3) is 0 Å². The first kappa shape index (κ1) is 22.0. The molecule has 30 heavy (non-hydrogen) atoms. The molecule has 0 aliphatic carbocycles. The van der Waals surface area contributed by atoms with Crippen molar-refractivity contribution < 1.29 is 17.9 Å². The summed E-state index contributed by atoms with van der Waals surface area (Å²) in [5.74, 6) is -0.483. The van der Waals surface area contributed by atoms with Crippen LogP contribution >= 0.6 is 0 Å². The summed E-state index contributed by atoms with van der Waals surface area (Å²) < 4.78 is 32.8. The maximum atomic E-state index is 13.2. The fourth-order valence-corrected chi connectivity index (χ4v) is 5.13. The van der Waals surface area contributed by atoms with Crippen molar-refractivity contribution in [3.05, 3.63) is 84.0 Å². The van der Waals surface area contributed by atoms with Crippen LogP contribution in [-0.2, 0) is 19.6 Å². The largest absolute Gasteiger partial charge is 0.469 e. The highest BCUT2D eigenvalue weighted by Gasteiger charge is 2.32. The summed E-state index contributed by atoms with van der Waals surface area (Å²) in [4.78, 5) is 12.2. The molecule has 0 spiro atoms. The summed E-state index contributed by atoms with van der Waals surface area (Å²) >= 11 is 0. The van der Waals surface area contributed by atoms with Crippen LogP contribution in [0.1, 0.15) is 24.5 Å². The van der Waals surface area contributed by atoms with Gasteiger partial charge in [0.2, 0.25) is 10.0 Å². The van der Waals surface area contributed by atoms with E-state index >= 15 is 0 Å². The lowest BCUT2D eigenvalue weighted by molar-refractivity contribution is -0.139. The number of aryl methyl sites for hydroxylation is 1. The van der Waals surface area contributed by atoms with Crippen molar-refractivity contribution in [2.24, 2.45) is 5.92 Å². The maximum Gasteiger partial charge on any atom is 0.309 e. The SMILES string of the molecule is COC(=O)C/C(=C/C1C=CC(C)N(S(=O)(=O)c2ccc(C)cc2)C1)c1ccccc1. The molecule has 5 nitrogen and oxygen atoms in total. The average molecular weight is 426 g/mol. The van der Waals surface area contributed by atoms with E-state index in [0.717, 1.165) is 16.7 Å². The van der Waals surface area contributed by atoms with E-state index < -0.39 is 10.0 Å². The summed E-state index contributed by atoms with van der Waals surface area (Å²) in [6.07, 6.45) is 6.00. The monoisotopic (exact) mass is 425 g/mol. The number of carbonyl (C=O) groups excluding carboxylic acids is 1. The van der Waals surface area contributed by atoms with Crippen molar-refractivity contribution >= 4 is 21.6 Å². The molecule has 2 unspecified atom stereocenters. The fourth-order valence-electron chi connectivity index (χ4n) is 3.50. The van der Waals surface area contributed by atoms with Crippen molar-refractivity contribution in [1.29, 1.82) is 0 Å². The molecule has 1 heterocycles. The number of hydrogen-bond acceptors (Lipinski definition) is 4. The van der Waals surface area contributed by atoms with Crippen molar-refractivity contribution in [3.63, 3.8) is 0 Å². The van der Waals surface area contributed by atoms with E-state index in [0.29, 0.717) is 6.54 Å². The molecular weight excluding hydrogens is 398 g/mol. The first-order chi connectivity index (χ1) is 14.3. The van der Waals surface area contributed by atoms with Gasteiger partial charge in [0.1, 0.15) is 0 Å². The number of sulfonamides is 1. The number of ether oxygens (including phenoxy) is 1. The molecule has 3 rings (SSSR count). The first-order valence-corrected chi connectivity index (χ1v) is 11.3. The van der Waals surface area contributed by atoms with Gasteiger partial charge in [-0.05, 0) is 37.1 Å². The van der Waals surface area contributed by atoms with Crippen molar-refractivity contribution in [3.8, 4) is 0 Å². The van der Waals surface area contributed by atoms with Crippen LogP contribution in [0.4, 0.5) is 0 Å². The quantitative estimate of drug-likeness (QED) is 0.514. The Morgan fingerprint density at radius 3 is 2.40 bits per heavy atom. The van der Waals surface area contributed by atoms with Crippen LogP contribution in [0, 0.1) is 12.8 Å². The number of carbonyl (C=O) groups is 1. The van der Waals surface area contributed by atoms with Gasteiger partial charge in [0.05, 0.1) is 18.4 Å². The zero-order valence-electron chi connectivity index (χ0n) is 17.5. The molecule has 0 saturated heterocycles. The van der Waals surface area contributed by atoms with E-state index in [4.69, 9.17) is 4.74 Å². The van der Waals surface area contributed by atoms with Gasteiger partial charge in [0.15, 0.2) is 0 Å². The van der Waals surface area contributed by atoms with Crippen LogP contribution in [-0.4, -0.2) is 38.4 Å². The zero-order valence-corrected chi connectivity index (χ0v) is 18.3. The average Bonchev–Trinajstić information content (AvgIpc) is 2.75. The van der Waals surface area contributed by atoms with Gasteiger partial charge in [-0.15, -0.1) is 0 Å². The second-order valence-corrected chi connectivity index (χ2v) is 9.38. The molecule has 0 N–H and O–H groups in total. The number of hydrogen-bond donors (Lipinski definition) is 0. The summed E-state index contributed by atoms with van der Waals surface area (Å²) in [6, 6.07) is 16.3. The molecule has 0 saturated carbocycles. The molecule has 1 aliphatic heterocycles. The molecular formula is C24H27NO4S. The summed E-state index contributed by atoms with van der Waals surface area (Å²) in [7, 11) is -2.26. The van der Waals surface area contributed by atoms with Gasteiger partial charge in [-0.1, -0.05) is 66.3 Å². The normalized spacial score (nSPS) is 20.2. The standard InChI is InChI=1S/C24H27NO4S/c1-18-9-13-23(14-10-18)30(27,28)25-17-20(12-11-19(25)2)15-22(16-24(26)29-3)21-7-5-4-6-8-21/h4-15,19-20H,16-17H2,1-3H3/b22-15-. The molecule has 158 valence electrons. The van der Waals surface area contributed by atoms with E-state index in [2.05, 4.69) is 0 Å². The highest BCUT2D eigenvalue weighted by molar-refractivity contribution is 7.89. The van der Waals surface area contributed by atoms with Crippen LogP contribution < -0.4 is 0 Å². The van der Waals surface area contributed by atoms with E-state index in [1.54, 1.807) is 24.3 Å². The smallest absolute Gasteiger partial charge is 0.309 e.